The highest BCUT2D eigenvalue weighted by Crippen LogP contribution is 2.20. The Morgan fingerprint density at radius 1 is 1.07 bits per heavy atom. The second kappa shape index (κ2) is 3.69. The number of pyridine rings is 1. The van der Waals surface area contributed by atoms with E-state index < -0.39 is 0 Å². The molecule has 0 radical (unpaired) electrons. The summed E-state index contributed by atoms with van der Waals surface area (Å²) in [6, 6.07) is 4.26. The van der Waals surface area contributed by atoms with E-state index in [9.17, 15) is 0 Å². The van der Waals surface area contributed by atoms with Crippen LogP contribution < -0.4 is 0 Å². The zero-order chi connectivity index (χ0) is 11.0. The maximum atomic E-state index is 4.40. The Morgan fingerprint density at radius 2 is 1.80 bits per heavy atom. The maximum absolute atomic E-state index is 4.40. The largest absolute Gasteiger partial charge is 0.304 e. The molecule has 2 heteroatoms. The zero-order valence-corrected chi connectivity index (χ0v) is 9.86. The van der Waals surface area contributed by atoms with Gasteiger partial charge in [0.25, 0.3) is 0 Å². The van der Waals surface area contributed by atoms with Crippen molar-refractivity contribution in [1.29, 1.82) is 0 Å². The Morgan fingerprint density at radius 3 is 2.40 bits per heavy atom. The van der Waals surface area contributed by atoms with Crippen molar-refractivity contribution in [2.45, 2.75) is 39.5 Å². The summed E-state index contributed by atoms with van der Waals surface area (Å²) in [5.74, 6) is 1.08. The van der Waals surface area contributed by atoms with Gasteiger partial charge in [-0.2, -0.15) is 0 Å². The molecule has 0 fully saturated rings. The van der Waals surface area contributed by atoms with Crippen LogP contribution >= 0.6 is 0 Å². The summed E-state index contributed by atoms with van der Waals surface area (Å²) >= 11 is 0. The van der Waals surface area contributed by atoms with Crippen LogP contribution in [0.3, 0.4) is 0 Å². The molecular weight excluding hydrogens is 184 g/mol. The lowest BCUT2D eigenvalue weighted by atomic mass is 10.1. The maximum Gasteiger partial charge on any atom is 0.136 e. The van der Waals surface area contributed by atoms with Gasteiger partial charge in [-0.3, -0.25) is 0 Å². The molecule has 0 saturated carbocycles. The lowest BCUT2D eigenvalue weighted by Crippen LogP contribution is -1.97. The lowest BCUT2D eigenvalue weighted by Gasteiger charge is -2.09. The topological polar surface area (TPSA) is 17.3 Å². The smallest absolute Gasteiger partial charge is 0.136 e. The van der Waals surface area contributed by atoms with Crippen molar-refractivity contribution in [3.63, 3.8) is 0 Å². The SMILES string of the molecule is CC(C)c1ccc2ncc(C(C)C)n2c1. The fourth-order valence-corrected chi connectivity index (χ4v) is 1.78. The number of hydrogen-bond acceptors (Lipinski definition) is 1. The van der Waals surface area contributed by atoms with E-state index in [1.54, 1.807) is 0 Å². The molecule has 0 bridgehead atoms. The summed E-state index contributed by atoms with van der Waals surface area (Å²) in [7, 11) is 0. The highest BCUT2D eigenvalue weighted by atomic mass is 15.0. The van der Waals surface area contributed by atoms with Gasteiger partial charge in [0.05, 0.1) is 0 Å². The summed E-state index contributed by atoms with van der Waals surface area (Å²) in [5.41, 5.74) is 3.69. The van der Waals surface area contributed by atoms with Crippen molar-refractivity contribution in [2.75, 3.05) is 0 Å². The van der Waals surface area contributed by atoms with E-state index in [4.69, 9.17) is 0 Å². The summed E-state index contributed by atoms with van der Waals surface area (Å²) in [4.78, 5) is 4.40. The first-order chi connectivity index (χ1) is 7.09. The molecule has 0 aromatic carbocycles. The first-order valence-corrected chi connectivity index (χ1v) is 5.56. The van der Waals surface area contributed by atoms with E-state index >= 15 is 0 Å². The Hall–Kier alpha value is -1.31. The Bertz CT molecular complexity index is 466. The van der Waals surface area contributed by atoms with Gasteiger partial charge in [-0.25, -0.2) is 4.98 Å². The van der Waals surface area contributed by atoms with E-state index in [0.717, 1.165) is 5.65 Å². The van der Waals surface area contributed by atoms with Crippen LogP contribution in [0.1, 0.15) is 50.8 Å². The number of hydrogen-bond donors (Lipinski definition) is 0. The summed E-state index contributed by atoms with van der Waals surface area (Å²) in [5, 5.41) is 0. The summed E-state index contributed by atoms with van der Waals surface area (Å²) < 4.78 is 2.21. The number of nitrogens with zero attached hydrogens (tertiary/aromatic N) is 2. The van der Waals surface area contributed by atoms with Crippen LogP contribution in [0.5, 0.6) is 0 Å². The third-order valence-corrected chi connectivity index (χ3v) is 2.82. The molecule has 80 valence electrons. The molecule has 0 aliphatic heterocycles. The standard InChI is InChI=1S/C13H18N2/c1-9(2)11-5-6-13-14-7-12(10(3)4)15(13)8-11/h5-10H,1-4H3. The monoisotopic (exact) mass is 202 g/mol. The van der Waals surface area contributed by atoms with Gasteiger partial charge in [0.15, 0.2) is 0 Å². The van der Waals surface area contributed by atoms with E-state index in [-0.39, 0.29) is 0 Å². The molecule has 0 aliphatic rings. The van der Waals surface area contributed by atoms with Gasteiger partial charge in [0.1, 0.15) is 5.65 Å². The molecule has 2 nitrogen and oxygen atoms in total. The Kier molecular flexibility index (Phi) is 2.51. The Balaban J connectivity index is 2.61. The van der Waals surface area contributed by atoms with Gasteiger partial charge in [-0.05, 0) is 23.5 Å². The first kappa shape index (κ1) is 10.2. The number of fused-ring (bicyclic) bond motifs is 1. The van der Waals surface area contributed by atoms with Gasteiger partial charge < -0.3 is 4.40 Å². The van der Waals surface area contributed by atoms with Crippen LogP contribution in [-0.2, 0) is 0 Å². The van der Waals surface area contributed by atoms with Crippen LogP contribution in [0.15, 0.2) is 24.5 Å². The molecule has 0 spiro atoms. The third-order valence-electron chi connectivity index (χ3n) is 2.82. The average Bonchev–Trinajstić information content (AvgIpc) is 2.59. The lowest BCUT2D eigenvalue weighted by molar-refractivity contribution is 0.794. The molecule has 2 heterocycles. The number of rotatable bonds is 2. The van der Waals surface area contributed by atoms with Gasteiger partial charge >= 0.3 is 0 Å². The molecule has 2 rings (SSSR count). The van der Waals surface area contributed by atoms with E-state index in [2.05, 4.69) is 55.4 Å². The van der Waals surface area contributed by atoms with E-state index in [0.29, 0.717) is 11.8 Å². The van der Waals surface area contributed by atoms with E-state index in [1.165, 1.54) is 11.3 Å². The van der Waals surface area contributed by atoms with Gasteiger partial charge in [0, 0.05) is 18.1 Å². The minimum Gasteiger partial charge on any atom is -0.304 e. The molecule has 2 aromatic rings. The van der Waals surface area contributed by atoms with Crippen molar-refractivity contribution in [1.82, 2.24) is 9.38 Å². The minimum atomic E-state index is 0.516. The number of aromatic nitrogens is 2. The fourth-order valence-electron chi connectivity index (χ4n) is 1.78. The van der Waals surface area contributed by atoms with Gasteiger partial charge in [0.2, 0.25) is 0 Å². The van der Waals surface area contributed by atoms with Crippen molar-refractivity contribution in [2.24, 2.45) is 0 Å². The minimum absolute atomic E-state index is 0.516. The molecule has 15 heavy (non-hydrogen) atoms. The van der Waals surface area contributed by atoms with Crippen LogP contribution in [-0.4, -0.2) is 9.38 Å². The summed E-state index contributed by atoms with van der Waals surface area (Å²) in [6.07, 6.45) is 4.19. The second-order valence-electron chi connectivity index (χ2n) is 4.68. The molecule has 0 aliphatic carbocycles. The average molecular weight is 202 g/mol. The summed E-state index contributed by atoms with van der Waals surface area (Å²) in [6.45, 7) is 8.83. The highest BCUT2D eigenvalue weighted by Gasteiger charge is 2.08. The molecule has 0 unspecified atom stereocenters. The Labute approximate surface area is 91.0 Å². The van der Waals surface area contributed by atoms with Crippen molar-refractivity contribution in [3.05, 3.63) is 35.8 Å². The molecule has 2 aromatic heterocycles. The normalized spacial score (nSPS) is 11.9. The highest BCUT2D eigenvalue weighted by molar-refractivity contribution is 5.43. The number of imidazole rings is 1. The van der Waals surface area contributed by atoms with Crippen molar-refractivity contribution < 1.29 is 0 Å². The molecule has 0 saturated heterocycles. The molecule has 0 amide bonds. The van der Waals surface area contributed by atoms with Crippen LogP contribution in [0, 0.1) is 0 Å². The molecule has 0 atom stereocenters. The van der Waals surface area contributed by atoms with Crippen molar-refractivity contribution in [3.8, 4) is 0 Å². The predicted octanol–water partition coefficient (Wildman–Crippen LogP) is 3.58. The molecule has 0 N–H and O–H groups in total. The molecular formula is C13H18N2. The second-order valence-corrected chi connectivity index (χ2v) is 4.68. The third kappa shape index (κ3) is 1.76. The van der Waals surface area contributed by atoms with Gasteiger partial charge in [-0.1, -0.05) is 33.8 Å². The predicted molar refractivity (Wildman–Crippen MR) is 63.4 cm³/mol. The zero-order valence-electron chi connectivity index (χ0n) is 9.86. The quantitative estimate of drug-likeness (QED) is 0.727. The van der Waals surface area contributed by atoms with E-state index in [1.807, 2.05) is 6.20 Å². The fraction of sp³-hybridized carbons (Fsp3) is 0.462. The van der Waals surface area contributed by atoms with Crippen LogP contribution in [0.2, 0.25) is 0 Å². The van der Waals surface area contributed by atoms with Gasteiger partial charge in [-0.15, -0.1) is 0 Å². The van der Waals surface area contributed by atoms with Crippen molar-refractivity contribution >= 4 is 5.65 Å². The first-order valence-electron chi connectivity index (χ1n) is 5.56. The van der Waals surface area contributed by atoms with Crippen LogP contribution in [0.4, 0.5) is 0 Å². The van der Waals surface area contributed by atoms with Crippen LogP contribution in [0.25, 0.3) is 5.65 Å².